The molecule has 3 aromatic rings. The summed E-state index contributed by atoms with van der Waals surface area (Å²) in [5.41, 5.74) is 2.36. The molecule has 0 saturated carbocycles. The van der Waals surface area contributed by atoms with Crippen LogP contribution >= 0.6 is 24.0 Å². The van der Waals surface area contributed by atoms with Crippen LogP contribution in [0, 0.1) is 6.92 Å². The van der Waals surface area contributed by atoms with Gasteiger partial charge in [0.15, 0.2) is 12.6 Å². The van der Waals surface area contributed by atoms with Gasteiger partial charge in [-0.15, -0.1) is 24.0 Å². The number of nitrogens with one attached hydrogen (secondary N) is 2. The third kappa shape index (κ3) is 7.70. The number of nitrogens with zero attached hydrogens (tertiary/aromatic N) is 4. The number of benzene rings is 1. The number of aliphatic imine (C=N–C) groups is 1. The number of alkyl halides is 3. The summed E-state index contributed by atoms with van der Waals surface area (Å²) in [6.07, 6.45) is 2.51. The second kappa shape index (κ2) is 11.7. The molecule has 0 radical (unpaired) electrons. The SMILES string of the molecule is CN=C(NCc1ccc(-n2ccnc2)nc1)NCc1ccc(C)cc1OCC(F)(F)F.I. The second-order valence-corrected chi connectivity index (χ2v) is 6.79. The van der Waals surface area contributed by atoms with Gasteiger partial charge in [0.2, 0.25) is 0 Å². The fourth-order valence-electron chi connectivity index (χ4n) is 2.76. The van der Waals surface area contributed by atoms with Crippen molar-refractivity contribution in [1.29, 1.82) is 0 Å². The van der Waals surface area contributed by atoms with E-state index in [1.165, 1.54) is 0 Å². The maximum atomic E-state index is 12.5. The van der Waals surface area contributed by atoms with Gasteiger partial charge in [-0.2, -0.15) is 13.2 Å². The minimum atomic E-state index is -4.40. The van der Waals surface area contributed by atoms with Crippen LogP contribution in [-0.4, -0.2) is 40.3 Å². The zero-order valence-corrected chi connectivity index (χ0v) is 19.9. The monoisotopic (exact) mass is 560 g/mol. The first kappa shape index (κ1) is 25.4. The van der Waals surface area contributed by atoms with Gasteiger partial charge in [0, 0.05) is 44.3 Å². The molecule has 0 aliphatic heterocycles. The fraction of sp³-hybridized carbons (Fsp3) is 0.286. The van der Waals surface area contributed by atoms with Gasteiger partial charge in [0.25, 0.3) is 0 Å². The standard InChI is InChI=1S/C21H23F3N6O.HI/c1-15-3-5-17(18(9-15)31-13-21(22,23)24)12-29-20(25-2)28-11-16-4-6-19(27-10-16)30-8-7-26-14-30;/h3-10,14H,11-13H2,1-2H3,(H2,25,28,29);1H. The molecule has 0 aliphatic rings. The third-order valence-corrected chi connectivity index (χ3v) is 4.32. The van der Waals surface area contributed by atoms with Gasteiger partial charge >= 0.3 is 6.18 Å². The largest absolute Gasteiger partial charge is 0.484 e. The van der Waals surface area contributed by atoms with E-state index in [2.05, 4.69) is 25.6 Å². The van der Waals surface area contributed by atoms with Crippen molar-refractivity contribution in [2.75, 3.05) is 13.7 Å². The summed E-state index contributed by atoms with van der Waals surface area (Å²) in [5.74, 6) is 1.45. The number of imidazole rings is 1. The molecule has 2 heterocycles. The lowest BCUT2D eigenvalue weighted by atomic mass is 10.1. The van der Waals surface area contributed by atoms with Gasteiger partial charge in [0.05, 0.1) is 0 Å². The number of guanidine groups is 1. The highest BCUT2D eigenvalue weighted by atomic mass is 127. The molecule has 0 spiro atoms. The number of halogens is 4. The summed E-state index contributed by atoms with van der Waals surface area (Å²) in [7, 11) is 1.62. The molecule has 1 aromatic carbocycles. The molecule has 0 amide bonds. The van der Waals surface area contributed by atoms with Crippen LogP contribution in [0.3, 0.4) is 0 Å². The molecular weight excluding hydrogens is 536 g/mol. The number of ether oxygens (including phenoxy) is 1. The molecule has 32 heavy (non-hydrogen) atoms. The van der Waals surface area contributed by atoms with Crippen LogP contribution in [0.5, 0.6) is 5.75 Å². The fourth-order valence-corrected chi connectivity index (χ4v) is 2.76. The molecule has 172 valence electrons. The van der Waals surface area contributed by atoms with Crippen LogP contribution in [0.2, 0.25) is 0 Å². The van der Waals surface area contributed by atoms with Crippen LogP contribution in [0.15, 0.2) is 60.2 Å². The van der Waals surface area contributed by atoms with Crippen molar-refractivity contribution in [3.8, 4) is 11.6 Å². The number of aromatic nitrogens is 3. The molecule has 2 aromatic heterocycles. The zero-order valence-electron chi connectivity index (χ0n) is 17.6. The number of rotatable bonds is 7. The minimum absolute atomic E-state index is 0. The van der Waals surface area contributed by atoms with E-state index in [9.17, 15) is 13.2 Å². The molecule has 0 atom stereocenters. The zero-order chi connectivity index (χ0) is 22.3. The summed E-state index contributed by atoms with van der Waals surface area (Å²) in [6.45, 7) is 1.19. The quantitative estimate of drug-likeness (QED) is 0.260. The van der Waals surface area contributed by atoms with Gasteiger partial charge in [-0.25, -0.2) is 9.97 Å². The molecule has 0 unspecified atom stereocenters. The van der Waals surface area contributed by atoms with E-state index in [0.717, 1.165) is 16.9 Å². The first-order valence-electron chi connectivity index (χ1n) is 9.51. The van der Waals surface area contributed by atoms with Gasteiger partial charge in [-0.1, -0.05) is 18.2 Å². The first-order valence-corrected chi connectivity index (χ1v) is 9.51. The molecule has 0 aliphatic carbocycles. The van der Waals surface area contributed by atoms with Gasteiger partial charge in [0.1, 0.15) is 17.9 Å². The van der Waals surface area contributed by atoms with Crippen molar-refractivity contribution in [3.05, 3.63) is 71.9 Å². The topological polar surface area (TPSA) is 76.4 Å². The van der Waals surface area contributed by atoms with Crippen molar-refractivity contribution in [1.82, 2.24) is 25.2 Å². The molecule has 0 bridgehead atoms. The van der Waals surface area contributed by atoms with Crippen LogP contribution in [0.4, 0.5) is 13.2 Å². The summed E-state index contributed by atoms with van der Waals surface area (Å²) in [6, 6.07) is 8.96. The molecule has 3 rings (SSSR count). The maximum Gasteiger partial charge on any atom is 0.422 e. The average molecular weight is 560 g/mol. The Bertz CT molecular complexity index is 1010. The van der Waals surface area contributed by atoms with Crippen molar-refractivity contribution >= 4 is 29.9 Å². The van der Waals surface area contributed by atoms with Crippen LogP contribution in [0.1, 0.15) is 16.7 Å². The highest BCUT2D eigenvalue weighted by Gasteiger charge is 2.28. The van der Waals surface area contributed by atoms with E-state index in [0.29, 0.717) is 18.1 Å². The van der Waals surface area contributed by atoms with E-state index in [4.69, 9.17) is 4.74 Å². The third-order valence-electron chi connectivity index (χ3n) is 4.32. The molecule has 0 fully saturated rings. The van der Waals surface area contributed by atoms with E-state index in [1.54, 1.807) is 49.4 Å². The van der Waals surface area contributed by atoms with Crippen LogP contribution in [0.25, 0.3) is 5.82 Å². The van der Waals surface area contributed by atoms with E-state index < -0.39 is 12.8 Å². The number of hydrogen-bond acceptors (Lipinski definition) is 4. The predicted octanol–water partition coefficient (Wildman–Crippen LogP) is 4.00. The summed E-state index contributed by atoms with van der Waals surface area (Å²) in [4.78, 5) is 12.5. The lowest BCUT2D eigenvalue weighted by molar-refractivity contribution is -0.153. The Morgan fingerprint density at radius 2 is 1.94 bits per heavy atom. The summed E-state index contributed by atoms with van der Waals surface area (Å²) in [5, 5.41) is 6.25. The van der Waals surface area contributed by atoms with Crippen LogP contribution in [-0.2, 0) is 13.1 Å². The van der Waals surface area contributed by atoms with E-state index in [-0.39, 0.29) is 36.3 Å². The highest BCUT2D eigenvalue weighted by Crippen LogP contribution is 2.23. The Kier molecular flexibility index (Phi) is 9.29. The Labute approximate surface area is 201 Å². The van der Waals surface area contributed by atoms with Crippen molar-refractivity contribution < 1.29 is 17.9 Å². The Hall–Kier alpha value is -2.83. The number of pyridine rings is 1. The second-order valence-electron chi connectivity index (χ2n) is 6.79. The Balaban J connectivity index is 0.00000363. The number of aryl methyl sites for hydroxylation is 1. The van der Waals surface area contributed by atoms with E-state index in [1.807, 2.05) is 24.4 Å². The minimum Gasteiger partial charge on any atom is -0.484 e. The molecule has 11 heteroatoms. The Morgan fingerprint density at radius 1 is 1.16 bits per heavy atom. The van der Waals surface area contributed by atoms with E-state index >= 15 is 0 Å². The first-order chi connectivity index (χ1) is 14.8. The van der Waals surface area contributed by atoms with Crippen molar-refractivity contribution in [2.24, 2.45) is 4.99 Å². The predicted molar refractivity (Wildman–Crippen MR) is 127 cm³/mol. The number of hydrogen-bond donors (Lipinski definition) is 2. The summed E-state index contributed by atoms with van der Waals surface area (Å²) < 4.78 is 44.4. The normalized spacial score (nSPS) is 11.6. The van der Waals surface area contributed by atoms with Crippen LogP contribution < -0.4 is 15.4 Å². The van der Waals surface area contributed by atoms with Crippen molar-refractivity contribution in [3.63, 3.8) is 0 Å². The maximum absolute atomic E-state index is 12.5. The molecule has 0 saturated heterocycles. The Morgan fingerprint density at radius 3 is 2.56 bits per heavy atom. The van der Waals surface area contributed by atoms with Gasteiger partial charge < -0.3 is 15.4 Å². The average Bonchev–Trinajstić information content (AvgIpc) is 3.28. The van der Waals surface area contributed by atoms with Gasteiger partial charge in [-0.3, -0.25) is 9.56 Å². The lowest BCUT2D eigenvalue weighted by Crippen LogP contribution is -2.36. The smallest absolute Gasteiger partial charge is 0.422 e. The lowest BCUT2D eigenvalue weighted by Gasteiger charge is -2.16. The summed E-state index contributed by atoms with van der Waals surface area (Å²) >= 11 is 0. The molecule has 2 N–H and O–H groups in total. The molecule has 7 nitrogen and oxygen atoms in total. The van der Waals surface area contributed by atoms with Crippen molar-refractivity contribution in [2.45, 2.75) is 26.2 Å². The highest BCUT2D eigenvalue weighted by molar-refractivity contribution is 14.0. The van der Waals surface area contributed by atoms with Gasteiger partial charge in [-0.05, 0) is 30.2 Å². The molecular formula is C21H24F3IN6O.